The van der Waals surface area contributed by atoms with Crippen LogP contribution in [0, 0.1) is 11.3 Å². The number of nitrogens with one attached hydrogen (secondary N) is 2. The minimum atomic E-state index is -0.843. The third-order valence-electron chi connectivity index (χ3n) is 14.3. The summed E-state index contributed by atoms with van der Waals surface area (Å²) in [6.07, 6.45) is 3.46. The molecule has 13 nitrogen and oxygen atoms in total. The maximum absolute atomic E-state index is 13.8. The Bertz CT molecular complexity index is 2760. The second-order valence-electron chi connectivity index (χ2n) is 19.0. The summed E-state index contributed by atoms with van der Waals surface area (Å²) in [7, 11) is 0. The van der Waals surface area contributed by atoms with Gasteiger partial charge in [-0.05, 0) is 122 Å². The van der Waals surface area contributed by atoms with Crippen LogP contribution in [-0.4, -0.2) is 113 Å². The quantitative estimate of drug-likeness (QED) is 0.0563. The molecule has 5 aromatic carbocycles. The van der Waals surface area contributed by atoms with Crippen molar-refractivity contribution in [1.82, 2.24) is 25.0 Å². The Hall–Kier alpha value is -6.80. The van der Waals surface area contributed by atoms with Gasteiger partial charge in [-0.2, -0.15) is 0 Å². The van der Waals surface area contributed by atoms with Gasteiger partial charge in [-0.3, -0.25) is 24.1 Å². The van der Waals surface area contributed by atoms with Crippen LogP contribution in [0.25, 0.3) is 10.9 Å². The van der Waals surface area contributed by atoms with Gasteiger partial charge in [0.05, 0.1) is 18.2 Å². The molecule has 1 aromatic heterocycles. The molecule has 2 atom stereocenters. The molecule has 358 valence electrons. The van der Waals surface area contributed by atoms with Crippen LogP contribution < -0.4 is 15.6 Å². The topological polar surface area (TPSA) is 165 Å². The van der Waals surface area contributed by atoms with Gasteiger partial charge in [-0.25, -0.2) is 0 Å². The van der Waals surface area contributed by atoms with E-state index in [1.54, 1.807) is 12.1 Å². The number of hydrogen-bond acceptors (Lipinski definition) is 10. The Morgan fingerprint density at radius 1 is 0.768 bits per heavy atom. The summed E-state index contributed by atoms with van der Waals surface area (Å²) < 4.78 is 12.1. The molecule has 2 amide bonds. The number of hydrogen-bond donors (Lipinski definition) is 4. The number of aromatic amines is 1. The predicted octanol–water partition coefficient (Wildman–Crippen LogP) is 6.83. The minimum Gasteiger partial charge on any atom is -0.506 e. The van der Waals surface area contributed by atoms with Crippen molar-refractivity contribution in [2.24, 2.45) is 11.3 Å². The second kappa shape index (κ2) is 21.7. The molecule has 4 N–H and O–H groups in total. The van der Waals surface area contributed by atoms with Crippen LogP contribution in [0.3, 0.4) is 0 Å². The van der Waals surface area contributed by atoms with Gasteiger partial charge in [-0.15, -0.1) is 0 Å². The zero-order valence-electron chi connectivity index (χ0n) is 38.9. The molecule has 0 radical (unpaired) electrons. The van der Waals surface area contributed by atoms with Crippen molar-refractivity contribution in [1.29, 1.82) is 0 Å². The number of likely N-dealkylation sites (tertiary alicyclic amines) is 3. The fourth-order valence-electron chi connectivity index (χ4n) is 10.1. The molecule has 3 fully saturated rings. The first-order valence-corrected chi connectivity index (χ1v) is 24.2. The highest BCUT2D eigenvalue weighted by atomic mass is 16.5. The normalized spacial score (nSPS) is 17.0. The molecule has 0 aliphatic carbocycles. The van der Waals surface area contributed by atoms with E-state index < -0.39 is 12.0 Å². The number of phenols is 1. The number of aliphatic hydroxyl groups is 1. The fraction of sp³-hybridized carbons (Fsp3) is 0.357. The van der Waals surface area contributed by atoms with Crippen molar-refractivity contribution in [3.63, 3.8) is 0 Å². The van der Waals surface area contributed by atoms with Crippen molar-refractivity contribution in [3.05, 3.63) is 177 Å². The number of nitrogens with zero attached hydrogens (tertiary/aromatic N) is 3. The highest BCUT2D eigenvalue weighted by Gasteiger charge is 2.47. The Labute approximate surface area is 402 Å². The fourth-order valence-corrected chi connectivity index (χ4v) is 10.1. The lowest BCUT2D eigenvalue weighted by atomic mass is 9.72. The zero-order chi connectivity index (χ0) is 47.7. The number of ether oxygens (including phenoxy) is 2. The number of phenolic OH excluding ortho intramolecular Hbond substituents is 1. The van der Waals surface area contributed by atoms with Crippen LogP contribution >= 0.6 is 0 Å². The zero-order valence-corrected chi connectivity index (χ0v) is 38.9. The lowest BCUT2D eigenvalue weighted by Crippen LogP contribution is -2.62. The smallest absolute Gasteiger partial charge is 0.317 e. The number of pyridine rings is 1. The summed E-state index contributed by atoms with van der Waals surface area (Å²) in [4.78, 5) is 61.3. The van der Waals surface area contributed by atoms with Crippen molar-refractivity contribution < 1.29 is 34.1 Å². The van der Waals surface area contributed by atoms with Gasteiger partial charge in [0.1, 0.15) is 17.4 Å². The maximum Gasteiger partial charge on any atom is 0.317 e. The summed E-state index contributed by atoms with van der Waals surface area (Å²) >= 11 is 0. The lowest BCUT2D eigenvalue weighted by Gasteiger charge is -2.53. The highest BCUT2D eigenvalue weighted by Crippen LogP contribution is 2.41. The number of aromatic hydroxyl groups is 1. The number of amides is 2. The molecule has 3 saturated heterocycles. The molecule has 3 aliphatic heterocycles. The molecule has 2 unspecified atom stereocenters. The number of aromatic nitrogens is 1. The van der Waals surface area contributed by atoms with E-state index in [1.165, 1.54) is 17.7 Å². The molecule has 1 spiro atoms. The van der Waals surface area contributed by atoms with Crippen LogP contribution in [0.5, 0.6) is 11.5 Å². The summed E-state index contributed by atoms with van der Waals surface area (Å²) in [5.74, 6) is -0.232. The molecule has 13 heteroatoms. The molecule has 9 rings (SSSR count). The van der Waals surface area contributed by atoms with Crippen LogP contribution in [0.15, 0.2) is 138 Å². The van der Waals surface area contributed by atoms with Gasteiger partial charge >= 0.3 is 5.97 Å². The second-order valence-corrected chi connectivity index (χ2v) is 19.0. The number of esters is 1. The van der Waals surface area contributed by atoms with E-state index in [1.807, 2.05) is 94.7 Å². The van der Waals surface area contributed by atoms with Gasteiger partial charge in [0.2, 0.25) is 5.56 Å². The number of rotatable bonds is 17. The van der Waals surface area contributed by atoms with Crippen LogP contribution in [0.2, 0.25) is 0 Å². The third-order valence-corrected chi connectivity index (χ3v) is 14.3. The summed E-state index contributed by atoms with van der Waals surface area (Å²) in [6.45, 7) is 6.58. The van der Waals surface area contributed by atoms with Crippen molar-refractivity contribution in [2.45, 2.75) is 50.7 Å². The van der Waals surface area contributed by atoms with Gasteiger partial charge in [0.25, 0.3) is 11.8 Å². The monoisotopic (exact) mass is 931 g/mol. The van der Waals surface area contributed by atoms with Crippen LogP contribution in [-0.2, 0) is 27.3 Å². The van der Waals surface area contributed by atoms with E-state index in [9.17, 15) is 29.4 Å². The molecule has 0 bridgehead atoms. The number of benzene rings is 5. The Balaban J connectivity index is 0.697. The first-order chi connectivity index (χ1) is 33.6. The summed E-state index contributed by atoms with van der Waals surface area (Å²) in [5, 5.41) is 24.9. The van der Waals surface area contributed by atoms with Gasteiger partial charge in [0.15, 0.2) is 6.61 Å². The molecule has 0 saturated carbocycles. The van der Waals surface area contributed by atoms with Crippen LogP contribution in [0.1, 0.15) is 75.9 Å². The van der Waals surface area contributed by atoms with Gasteiger partial charge < -0.3 is 39.8 Å². The maximum atomic E-state index is 13.8. The number of piperidine rings is 2. The number of carbonyl (C=O) groups is 3. The number of carbonyl (C=O) groups excluding carboxylic acids is 3. The van der Waals surface area contributed by atoms with E-state index in [2.05, 4.69) is 39.5 Å². The highest BCUT2D eigenvalue weighted by molar-refractivity contribution is 5.94. The first kappa shape index (κ1) is 47.3. The molecule has 4 heterocycles. The van der Waals surface area contributed by atoms with E-state index >= 15 is 0 Å². The Morgan fingerprint density at radius 2 is 1.48 bits per heavy atom. The number of aliphatic hydroxyl groups excluding tert-OH is 1. The van der Waals surface area contributed by atoms with Gasteiger partial charge in [-0.1, -0.05) is 91.0 Å². The molecular weight excluding hydrogens is 871 g/mol. The average Bonchev–Trinajstić information content (AvgIpc) is 3.37. The van der Waals surface area contributed by atoms with E-state index in [4.69, 9.17) is 9.47 Å². The number of H-pyrrole nitrogens is 1. The Kier molecular flexibility index (Phi) is 14.8. The molecular formula is C56H61N5O8. The molecule has 69 heavy (non-hydrogen) atoms. The summed E-state index contributed by atoms with van der Waals surface area (Å²) in [5.41, 5.74) is 5.17. The van der Waals surface area contributed by atoms with E-state index in [0.717, 1.165) is 62.0 Å². The van der Waals surface area contributed by atoms with Gasteiger partial charge in [0, 0.05) is 61.7 Å². The van der Waals surface area contributed by atoms with Crippen molar-refractivity contribution >= 4 is 28.7 Å². The van der Waals surface area contributed by atoms with Crippen molar-refractivity contribution in [3.8, 4) is 11.5 Å². The number of fused-ring (bicyclic) bond motifs is 1. The Morgan fingerprint density at radius 3 is 2.22 bits per heavy atom. The largest absolute Gasteiger partial charge is 0.506 e. The third kappa shape index (κ3) is 11.6. The minimum absolute atomic E-state index is 0.00111. The van der Waals surface area contributed by atoms with Crippen molar-refractivity contribution in [2.75, 3.05) is 65.6 Å². The predicted molar refractivity (Wildman–Crippen MR) is 264 cm³/mol. The first-order valence-electron chi connectivity index (χ1n) is 24.2. The average molecular weight is 932 g/mol. The van der Waals surface area contributed by atoms with E-state index in [-0.39, 0.29) is 47.7 Å². The SMILES string of the molecule is O=C(OCC1CCN(Cc2ccccc2)CC1)C(c1ccccc1)c1cccc(OCC(=O)N2CC3(CCN(C(=O)c4ccc(CCNCC(O)c5ccc(O)c6[nH]c(=O)ccc56)cc4)CC3)C2)c1. The molecule has 3 aliphatic rings. The summed E-state index contributed by atoms with van der Waals surface area (Å²) in [6, 6.07) is 41.3. The molecule has 6 aromatic rings. The standard InChI is InChI=1S/C56H61N5O8/c62-48-20-18-46(47-19-21-50(64)58-53(47)48)49(63)33-57-27-22-39-14-16-43(17-15-39)54(66)60-30-25-56(26-31-60)37-61(38-56)51(65)36-68-45-13-7-12-44(32-45)52(42-10-5-2-6-11-42)55(67)69-35-41-23-28-59(29-24-41)34-40-8-3-1-4-9-40/h1-21,32,41,49,52,57,62-63H,22-31,33-38H2,(H,58,64). The van der Waals surface area contributed by atoms with E-state index in [0.29, 0.717) is 79.4 Å². The van der Waals surface area contributed by atoms with Crippen LogP contribution in [0.4, 0.5) is 0 Å². The lowest BCUT2D eigenvalue weighted by molar-refractivity contribution is -0.148.